The van der Waals surface area contributed by atoms with E-state index in [1.54, 1.807) is 0 Å². The minimum atomic E-state index is 0.331. The van der Waals surface area contributed by atoms with Crippen LogP contribution in [0.25, 0.3) is 0 Å². The molecular formula is C56H73N3. The fraction of sp³-hybridized carbons (Fsp3) is 0.446. The van der Waals surface area contributed by atoms with Crippen LogP contribution in [-0.4, -0.2) is 16.4 Å². The van der Waals surface area contributed by atoms with E-state index in [9.17, 15) is 0 Å². The molecule has 3 atom stereocenters. The lowest BCUT2D eigenvalue weighted by molar-refractivity contribution is 0.373. The molecule has 0 aliphatic rings. The fourth-order valence-corrected chi connectivity index (χ4v) is 8.87. The van der Waals surface area contributed by atoms with Gasteiger partial charge in [-0.3, -0.25) is 9.98 Å². The predicted molar refractivity (Wildman–Crippen MR) is 257 cm³/mol. The number of pyridine rings is 1. The molecule has 59 heavy (non-hydrogen) atoms. The number of hydrogen-bond acceptors (Lipinski definition) is 3. The molecule has 3 unspecified atom stereocenters. The van der Waals surface area contributed by atoms with E-state index in [1.165, 1.54) is 64.6 Å². The first kappa shape index (κ1) is 45.5. The van der Waals surface area contributed by atoms with Crippen molar-refractivity contribution in [2.24, 2.45) is 15.9 Å². The lowest BCUT2D eigenvalue weighted by Gasteiger charge is -2.27. The molecule has 0 spiro atoms. The van der Waals surface area contributed by atoms with E-state index in [2.05, 4.69) is 192 Å². The topological polar surface area (TPSA) is 37.6 Å². The summed E-state index contributed by atoms with van der Waals surface area (Å²) in [6.07, 6.45) is 7.04. The van der Waals surface area contributed by atoms with E-state index in [1.807, 2.05) is 0 Å². The summed E-state index contributed by atoms with van der Waals surface area (Å²) in [5.41, 5.74) is 15.4. The minimum absolute atomic E-state index is 0.331. The molecule has 0 saturated carbocycles. The third-order valence-electron chi connectivity index (χ3n) is 12.5. The van der Waals surface area contributed by atoms with Crippen LogP contribution in [0, 0.1) is 5.92 Å². The average Bonchev–Trinajstić information content (AvgIpc) is 3.23. The van der Waals surface area contributed by atoms with E-state index in [-0.39, 0.29) is 0 Å². The first-order valence-corrected chi connectivity index (χ1v) is 22.8. The Morgan fingerprint density at radius 2 is 0.915 bits per heavy atom. The molecule has 3 heteroatoms. The van der Waals surface area contributed by atoms with Gasteiger partial charge in [-0.25, -0.2) is 4.98 Å². The molecule has 0 saturated heterocycles. The second-order valence-electron chi connectivity index (χ2n) is 18.2. The summed E-state index contributed by atoms with van der Waals surface area (Å²) in [6.45, 7) is 27.2. The lowest BCUT2D eigenvalue weighted by Crippen LogP contribution is -2.13. The highest BCUT2D eigenvalue weighted by Gasteiger charge is 2.23. The van der Waals surface area contributed by atoms with Crippen LogP contribution in [0.1, 0.15) is 201 Å². The molecule has 5 rings (SSSR count). The van der Waals surface area contributed by atoms with Crippen LogP contribution in [-0.2, 0) is 6.42 Å². The third-order valence-corrected chi connectivity index (χ3v) is 12.5. The van der Waals surface area contributed by atoms with Gasteiger partial charge in [-0.2, -0.15) is 0 Å². The van der Waals surface area contributed by atoms with Crippen LogP contribution in [0.4, 0.5) is 11.4 Å². The number of hydrogen-bond donors (Lipinski definition) is 0. The van der Waals surface area contributed by atoms with E-state index < -0.39 is 0 Å². The number of aromatic nitrogens is 1. The highest BCUT2D eigenvalue weighted by Crippen LogP contribution is 2.40. The van der Waals surface area contributed by atoms with Crippen LogP contribution in [0.3, 0.4) is 0 Å². The van der Waals surface area contributed by atoms with Gasteiger partial charge in [0.15, 0.2) is 0 Å². The Bertz CT molecular complexity index is 2080. The van der Waals surface area contributed by atoms with Gasteiger partial charge in [0.1, 0.15) is 0 Å². The lowest BCUT2D eigenvalue weighted by atomic mass is 9.79. The Balaban J connectivity index is 1.50. The molecule has 1 aromatic heterocycles. The largest absolute Gasteiger partial charge is 0.251 e. The molecule has 0 amide bonds. The van der Waals surface area contributed by atoms with Gasteiger partial charge in [0.25, 0.3) is 0 Å². The first-order chi connectivity index (χ1) is 28.3. The number of aliphatic imine (C=N–C) groups is 2. The third kappa shape index (κ3) is 12.0. The van der Waals surface area contributed by atoms with Gasteiger partial charge in [0.05, 0.1) is 34.2 Å². The standard InChI is InChI=1S/C56H73N3/c1-13-45(47-23-17-15-18-24-47)32-31-43(34-46(14-2)48-25-19-16-20-26-48)33-44-35-51(39(7)8)56(52(36-44)40(9)10)58-42(12)54-30-22-29-53(59-54)41(11)57-55-49(37(3)4)27-21-28-50(55)38(5)6/h15-30,35-40,43,45-46H,13-14,31-34H2,1-12H3. The molecule has 0 aliphatic heterocycles. The molecule has 0 N–H and O–H groups in total. The van der Waals surface area contributed by atoms with E-state index in [0.29, 0.717) is 41.4 Å². The molecule has 0 aliphatic carbocycles. The van der Waals surface area contributed by atoms with Crippen molar-refractivity contribution < 1.29 is 0 Å². The van der Waals surface area contributed by atoms with Crippen molar-refractivity contribution in [1.82, 2.24) is 4.98 Å². The zero-order valence-corrected chi connectivity index (χ0v) is 38.5. The summed E-state index contributed by atoms with van der Waals surface area (Å²) in [7, 11) is 0. The molecule has 1 heterocycles. The molecule has 3 nitrogen and oxygen atoms in total. The molecule has 5 aromatic rings. The Kier molecular flexibility index (Phi) is 16.6. The van der Waals surface area contributed by atoms with Crippen molar-refractivity contribution >= 4 is 22.8 Å². The fourth-order valence-electron chi connectivity index (χ4n) is 8.87. The van der Waals surface area contributed by atoms with Crippen LogP contribution >= 0.6 is 0 Å². The Morgan fingerprint density at radius 3 is 1.36 bits per heavy atom. The second-order valence-corrected chi connectivity index (χ2v) is 18.2. The van der Waals surface area contributed by atoms with Gasteiger partial charge in [0, 0.05) is 0 Å². The van der Waals surface area contributed by atoms with Gasteiger partial charge in [-0.05, 0) is 145 Å². The van der Waals surface area contributed by atoms with Crippen molar-refractivity contribution in [3.63, 3.8) is 0 Å². The highest BCUT2D eigenvalue weighted by atomic mass is 14.8. The van der Waals surface area contributed by atoms with Gasteiger partial charge >= 0.3 is 0 Å². The van der Waals surface area contributed by atoms with Crippen molar-refractivity contribution in [3.05, 3.63) is 160 Å². The maximum absolute atomic E-state index is 5.47. The maximum Gasteiger partial charge on any atom is 0.0849 e. The van der Waals surface area contributed by atoms with Gasteiger partial charge in [-0.1, -0.05) is 166 Å². The van der Waals surface area contributed by atoms with Crippen molar-refractivity contribution in [1.29, 1.82) is 0 Å². The van der Waals surface area contributed by atoms with Crippen molar-refractivity contribution in [3.8, 4) is 0 Å². The monoisotopic (exact) mass is 788 g/mol. The zero-order chi connectivity index (χ0) is 42.6. The zero-order valence-electron chi connectivity index (χ0n) is 38.5. The molecule has 0 radical (unpaired) electrons. The van der Waals surface area contributed by atoms with E-state index in [0.717, 1.165) is 47.0 Å². The van der Waals surface area contributed by atoms with Crippen LogP contribution < -0.4 is 0 Å². The average molecular weight is 788 g/mol. The maximum atomic E-state index is 5.47. The van der Waals surface area contributed by atoms with Crippen LogP contribution in [0.2, 0.25) is 0 Å². The van der Waals surface area contributed by atoms with Gasteiger partial charge < -0.3 is 0 Å². The normalized spacial score (nSPS) is 14.1. The first-order valence-electron chi connectivity index (χ1n) is 22.8. The summed E-state index contributed by atoms with van der Waals surface area (Å²) in [5.74, 6) is 3.14. The van der Waals surface area contributed by atoms with Crippen LogP contribution in [0.15, 0.2) is 119 Å². The van der Waals surface area contributed by atoms with Crippen molar-refractivity contribution in [2.45, 2.75) is 157 Å². The van der Waals surface area contributed by atoms with E-state index in [4.69, 9.17) is 15.0 Å². The summed E-state index contributed by atoms with van der Waals surface area (Å²) in [6, 6.07) is 40.3. The summed E-state index contributed by atoms with van der Waals surface area (Å²) < 4.78 is 0. The Labute approximate surface area is 359 Å². The second kappa shape index (κ2) is 21.6. The molecule has 4 aromatic carbocycles. The number of rotatable bonds is 19. The van der Waals surface area contributed by atoms with Gasteiger partial charge in [-0.15, -0.1) is 0 Å². The summed E-state index contributed by atoms with van der Waals surface area (Å²) in [5, 5.41) is 0. The van der Waals surface area contributed by atoms with Crippen LogP contribution in [0.5, 0.6) is 0 Å². The predicted octanol–water partition coefficient (Wildman–Crippen LogP) is 16.6. The van der Waals surface area contributed by atoms with Crippen molar-refractivity contribution in [2.75, 3.05) is 0 Å². The SMILES string of the molecule is CCC(CCC(Cc1cc(C(C)C)c(N=C(C)c2cccc(C(C)=Nc3c(C(C)C)cccc3C(C)C)n2)c(C(C)C)c1)CC(CC)c1ccccc1)c1ccccc1. The molecular weight excluding hydrogens is 715 g/mol. The van der Waals surface area contributed by atoms with E-state index >= 15 is 0 Å². The highest BCUT2D eigenvalue weighted by molar-refractivity contribution is 6.02. The summed E-state index contributed by atoms with van der Waals surface area (Å²) >= 11 is 0. The minimum Gasteiger partial charge on any atom is -0.251 e. The number of benzene rings is 4. The quantitative estimate of drug-likeness (QED) is 0.0768. The molecule has 0 fully saturated rings. The number of para-hydroxylation sites is 1. The summed E-state index contributed by atoms with van der Waals surface area (Å²) in [4.78, 5) is 15.9. The molecule has 0 bridgehead atoms. The van der Waals surface area contributed by atoms with Gasteiger partial charge in [0.2, 0.25) is 0 Å². The smallest absolute Gasteiger partial charge is 0.0849 e. The Morgan fingerprint density at radius 1 is 0.492 bits per heavy atom. The number of nitrogens with zero attached hydrogens (tertiary/aromatic N) is 3. The Hall–Kier alpha value is -4.63. The molecule has 312 valence electrons.